The molecular formula is C18H24O3. The Kier molecular flexibility index (Phi) is 2.45. The second-order valence-electron chi connectivity index (χ2n) is 8.57. The van der Waals surface area contributed by atoms with Crippen molar-refractivity contribution < 1.29 is 14.9 Å². The van der Waals surface area contributed by atoms with Crippen molar-refractivity contribution in [3.63, 3.8) is 0 Å². The molecule has 2 N–H and O–H groups in total. The predicted octanol–water partition coefficient (Wildman–Crippen LogP) is 4.23. The summed E-state index contributed by atoms with van der Waals surface area (Å²) in [6.45, 7) is 4.84. The van der Waals surface area contributed by atoms with Crippen molar-refractivity contribution in [2.24, 2.45) is 16.7 Å². The molecule has 0 aliphatic heterocycles. The topological polar surface area (TPSA) is 49.7 Å². The van der Waals surface area contributed by atoms with Gasteiger partial charge in [-0.3, -0.25) is 0 Å². The largest absolute Gasteiger partial charge is 0.504 e. The molecule has 4 aliphatic rings. The second kappa shape index (κ2) is 3.88. The summed E-state index contributed by atoms with van der Waals surface area (Å²) < 4.78 is 6.41. The van der Waals surface area contributed by atoms with Gasteiger partial charge in [-0.15, -0.1) is 0 Å². The van der Waals surface area contributed by atoms with Gasteiger partial charge in [0, 0.05) is 6.07 Å². The first-order valence-electron chi connectivity index (χ1n) is 8.00. The third-order valence-electron chi connectivity index (χ3n) is 5.86. The zero-order valence-corrected chi connectivity index (χ0v) is 12.9. The summed E-state index contributed by atoms with van der Waals surface area (Å²) >= 11 is 0. The number of phenolic OH excluding ortho intramolecular Hbond substituents is 2. The van der Waals surface area contributed by atoms with Gasteiger partial charge >= 0.3 is 0 Å². The molecule has 4 fully saturated rings. The molecule has 4 bridgehead atoms. The molecule has 0 radical (unpaired) electrons. The van der Waals surface area contributed by atoms with Crippen molar-refractivity contribution in [3.8, 4) is 17.2 Å². The van der Waals surface area contributed by atoms with Gasteiger partial charge in [-0.25, -0.2) is 0 Å². The maximum Gasteiger partial charge on any atom is 0.161 e. The average Bonchev–Trinajstić information content (AvgIpc) is 2.28. The first-order chi connectivity index (χ1) is 9.79. The lowest BCUT2D eigenvalue weighted by Gasteiger charge is -2.64. The maximum atomic E-state index is 9.68. The van der Waals surface area contributed by atoms with Crippen LogP contribution in [0.15, 0.2) is 18.2 Å². The molecule has 3 heteroatoms. The standard InChI is InChI=1S/C18H24O3/c1-16-6-12-7-17(2,9-16)11-18(8-12,10-16)21-13-3-4-14(19)15(20)5-13/h3-5,12,19-20H,6-11H2,1-2H3. The Bertz CT molecular complexity index is 576. The predicted molar refractivity (Wildman–Crippen MR) is 80.5 cm³/mol. The molecule has 0 spiro atoms. The SMILES string of the molecule is CC12CC3CC(C)(C1)CC(Oc1ccc(O)c(O)c1)(C3)C2. The van der Waals surface area contributed by atoms with Crippen molar-refractivity contribution in [1.82, 2.24) is 0 Å². The number of ether oxygens (including phenoxy) is 1. The number of rotatable bonds is 2. The van der Waals surface area contributed by atoms with Crippen LogP contribution in [0.4, 0.5) is 0 Å². The van der Waals surface area contributed by atoms with E-state index in [2.05, 4.69) is 13.8 Å². The molecule has 5 rings (SSSR count). The number of benzene rings is 1. The highest BCUT2D eigenvalue weighted by molar-refractivity contribution is 5.43. The van der Waals surface area contributed by atoms with Crippen LogP contribution in [0.25, 0.3) is 0 Å². The van der Waals surface area contributed by atoms with Crippen LogP contribution in [0.1, 0.15) is 52.4 Å². The van der Waals surface area contributed by atoms with E-state index in [9.17, 15) is 10.2 Å². The Hall–Kier alpha value is -1.38. The molecule has 1 aromatic carbocycles. The van der Waals surface area contributed by atoms with E-state index in [0.29, 0.717) is 16.6 Å². The minimum absolute atomic E-state index is 0.0771. The third kappa shape index (κ3) is 2.09. The smallest absolute Gasteiger partial charge is 0.161 e. The minimum Gasteiger partial charge on any atom is -0.504 e. The Balaban J connectivity index is 1.66. The number of hydrogen-bond acceptors (Lipinski definition) is 3. The highest BCUT2D eigenvalue weighted by Gasteiger charge is 2.61. The van der Waals surface area contributed by atoms with Gasteiger partial charge < -0.3 is 14.9 Å². The monoisotopic (exact) mass is 288 g/mol. The van der Waals surface area contributed by atoms with E-state index in [1.807, 2.05) is 0 Å². The molecule has 2 atom stereocenters. The number of phenols is 2. The fourth-order valence-electron chi connectivity index (χ4n) is 6.27. The van der Waals surface area contributed by atoms with Crippen LogP contribution in [-0.4, -0.2) is 15.8 Å². The molecule has 2 unspecified atom stereocenters. The first kappa shape index (κ1) is 13.3. The lowest BCUT2D eigenvalue weighted by Crippen LogP contribution is -2.60. The van der Waals surface area contributed by atoms with Crippen molar-refractivity contribution in [2.45, 2.75) is 58.0 Å². The van der Waals surface area contributed by atoms with Crippen LogP contribution in [0.3, 0.4) is 0 Å². The average molecular weight is 288 g/mol. The van der Waals surface area contributed by atoms with Gasteiger partial charge in [0.25, 0.3) is 0 Å². The highest BCUT2D eigenvalue weighted by atomic mass is 16.5. The van der Waals surface area contributed by atoms with Crippen molar-refractivity contribution in [3.05, 3.63) is 18.2 Å². The van der Waals surface area contributed by atoms with Crippen LogP contribution in [0, 0.1) is 16.7 Å². The molecule has 4 saturated carbocycles. The lowest BCUT2D eigenvalue weighted by molar-refractivity contribution is -0.176. The Morgan fingerprint density at radius 1 is 0.952 bits per heavy atom. The van der Waals surface area contributed by atoms with Gasteiger partial charge in [-0.2, -0.15) is 0 Å². The molecule has 4 aliphatic carbocycles. The van der Waals surface area contributed by atoms with Gasteiger partial charge in [-0.1, -0.05) is 13.8 Å². The van der Waals surface area contributed by atoms with Gasteiger partial charge in [0.15, 0.2) is 11.5 Å². The molecular weight excluding hydrogens is 264 g/mol. The summed E-state index contributed by atoms with van der Waals surface area (Å²) in [6, 6.07) is 4.81. The fraction of sp³-hybridized carbons (Fsp3) is 0.667. The quantitative estimate of drug-likeness (QED) is 0.801. The molecule has 114 valence electrons. The molecule has 0 aromatic heterocycles. The maximum absolute atomic E-state index is 9.68. The summed E-state index contributed by atoms with van der Waals surface area (Å²) in [4.78, 5) is 0. The zero-order valence-electron chi connectivity index (χ0n) is 12.9. The Morgan fingerprint density at radius 2 is 1.62 bits per heavy atom. The molecule has 0 heterocycles. The second-order valence-corrected chi connectivity index (χ2v) is 8.57. The van der Waals surface area contributed by atoms with E-state index >= 15 is 0 Å². The van der Waals surface area contributed by atoms with E-state index in [-0.39, 0.29) is 17.1 Å². The summed E-state index contributed by atoms with van der Waals surface area (Å²) in [5.74, 6) is 1.27. The molecule has 0 saturated heterocycles. The van der Waals surface area contributed by atoms with E-state index in [1.54, 1.807) is 12.1 Å². The molecule has 0 amide bonds. The number of aromatic hydroxyl groups is 2. The van der Waals surface area contributed by atoms with Crippen LogP contribution in [0.5, 0.6) is 17.2 Å². The van der Waals surface area contributed by atoms with E-state index in [0.717, 1.165) is 25.2 Å². The summed E-state index contributed by atoms with van der Waals surface area (Å²) in [6.07, 6.45) is 7.38. The Labute approximate surface area is 125 Å². The lowest BCUT2D eigenvalue weighted by atomic mass is 9.43. The van der Waals surface area contributed by atoms with Crippen molar-refractivity contribution in [1.29, 1.82) is 0 Å². The summed E-state index contributed by atoms with van der Waals surface area (Å²) in [5.41, 5.74) is 0.743. The van der Waals surface area contributed by atoms with Gasteiger partial charge in [0.2, 0.25) is 0 Å². The van der Waals surface area contributed by atoms with Crippen molar-refractivity contribution >= 4 is 0 Å². The van der Waals surface area contributed by atoms with E-state index < -0.39 is 0 Å². The van der Waals surface area contributed by atoms with Gasteiger partial charge in [-0.05, 0) is 67.4 Å². The molecule has 3 nitrogen and oxygen atoms in total. The van der Waals surface area contributed by atoms with Gasteiger partial charge in [0.1, 0.15) is 11.4 Å². The Morgan fingerprint density at radius 3 is 2.19 bits per heavy atom. The molecule has 21 heavy (non-hydrogen) atoms. The van der Waals surface area contributed by atoms with Crippen LogP contribution < -0.4 is 4.74 Å². The summed E-state index contributed by atoms with van der Waals surface area (Å²) in [5, 5.41) is 19.1. The van der Waals surface area contributed by atoms with Crippen molar-refractivity contribution in [2.75, 3.05) is 0 Å². The first-order valence-corrected chi connectivity index (χ1v) is 8.00. The zero-order chi connectivity index (χ0) is 14.9. The highest BCUT2D eigenvalue weighted by Crippen LogP contribution is 2.67. The summed E-state index contributed by atoms with van der Waals surface area (Å²) in [7, 11) is 0. The fourth-order valence-corrected chi connectivity index (χ4v) is 6.27. The van der Waals surface area contributed by atoms with Gasteiger partial charge in [0.05, 0.1) is 0 Å². The van der Waals surface area contributed by atoms with E-state index in [4.69, 9.17) is 4.74 Å². The normalized spacial score (nSPS) is 44.0. The van der Waals surface area contributed by atoms with Crippen LogP contribution in [-0.2, 0) is 0 Å². The minimum atomic E-state index is -0.102. The van der Waals surface area contributed by atoms with Crippen LogP contribution >= 0.6 is 0 Å². The third-order valence-corrected chi connectivity index (χ3v) is 5.86. The molecule has 1 aromatic rings. The van der Waals surface area contributed by atoms with Crippen LogP contribution in [0.2, 0.25) is 0 Å². The number of hydrogen-bond donors (Lipinski definition) is 2. The van der Waals surface area contributed by atoms with E-state index in [1.165, 1.54) is 25.3 Å².